The second kappa shape index (κ2) is 14.7. The number of methoxy groups -OCH3 is 1. The Labute approximate surface area is 245 Å². The molecule has 0 fully saturated rings. The lowest BCUT2D eigenvalue weighted by atomic mass is 10.0. The molecular formula is C28H35F3N4O6S. The van der Waals surface area contributed by atoms with Gasteiger partial charge >= 0.3 is 18.1 Å². The van der Waals surface area contributed by atoms with Crippen molar-refractivity contribution in [2.75, 3.05) is 19.0 Å². The summed E-state index contributed by atoms with van der Waals surface area (Å²) in [6, 6.07) is 7.51. The number of hydrogen-bond acceptors (Lipinski definition) is 8. The Kier molecular flexibility index (Phi) is 12.0. The van der Waals surface area contributed by atoms with E-state index in [9.17, 15) is 22.8 Å². The topological polar surface area (TPSA) is 143 Å². The monoisotopic (exact) mass is 612 g/mol. The second-order valence-electron chi connectivity index (χ2n) is 9.94. The number of anilines is 1. The summed E-state index contributed by atoms with van der Waals surface area (Å²) >= 11 is 1.58. The number of halogens is 3. The molecule has 230 valence electrons. The van der Waals surface area contributed by atoms with Crippen LogP contribution in [-0.2, 0) is 28.9 Å². The molecule has 0 bridgehead atoms. The van der Waals surface area contributed by atoms with E-state index in [1.807, 2.05) is 64.4 Å². The molecule has 2 heterocycles. The summed E-state index contributed by atoms with van der Waals surface area (Å²) < 4.78 is 42.6. The van der Waals surface area contributed by atoms with E-state index in [1.54, 1.807) is 18.4 Å². The van der Waals surface area contributed by atoms with E-state index in [4.69, 9.17) is 19.4 Å². The SMILES string of the molecule is CCc1c(C(=O)OC(C)(C)C)[nH]c(CNc2ccc(OC)cc2)c1C(=O)NCCc1scnc1C.O=C(O)C(F)(F)F. The number of nitrogens with one attached hydrogen (secondary N) is 3. The molecule has 0 saturated heterocycles. The van der Waals surface area contributed by atoms with Crippen LogP contribution in [0.2, 0.25) is 0 Å². The molecule has 0 atom stereocenters. The molecule has 14 heteroatoms. The number of hydrogen-bond donors (Lipinski definition) is 4. The Morgan fingerprint density at radius 1 is 1.12 bits per heavy atom. The second-order valence-corrected chi connectivity index (χ2v) is 10.9. The Bertz CT molecular complexity index is 1360. The number of benzene rings is 1. The first kappa shape index (κ1) is 34.1. The van der Waals surface area contributed by atoms with E-state index in [0.29, 0.717) is 48.4 Å². The average molecular weight is 613 g/mol. The first-order valence-corrected chi connectivity index (χ1v) is 13.8. The molecule has 0 saturated carbocycles. The number of rotatable bonds is 10. The molecule has 10 nitrogen and oxygen atoms in total. The third kappa shape index (κ3) is 10.1. The third-order valence-electron chi connectivity index (χ3n) is 5.65. The molecule has 0 aliphatic heterocycles. The van der Waals surface area contributed by atoms with E-state index >= 15 is 0 Å². The number of carboxylic acid groups (broad SMARTS) is 1. The zero-order valence-corrected chi connectivity index (χ0v) is 25.0. The summed E-state index contributed by atoms with van der Waals surface area (Å²) in [5.41, 5.74) is 5.09. The normalized spacial score (nSPS) is 11.3. The van der Waals surface area contributed by atoms with Gasteiger partial charge in [0.15, 0.2) is 0 Å². The van der Waals surface area contributed by atoms with Gasteiger partial charge in [-0.15, -0.1) is 11.3 Å². The number of aromatic amines is 1. The number of H-pyrrole nitrogens is 1. The van der Waals surface area contributed by atoms with Gasteiger partial charge in [-0.2, -0.15) is 13.2 Å². The highest BCUT2D eigenvalue weighted by Crippen LogP contribution is 2.25. The van der Waals surface area contributed by atoms with Gasteiger partial charge in [0.05, 0.1) is 30.4 Å². The van der Waals surface area contributed by atoms with Crippen molar-refractivity contribution in [3.63, 3.8) is 0 Å². The van der Waals surface area contributed by atoms with Crippen LogP contribution in [0.4, 0.5) is 18.9 Å². The number of aromatic nitrogens is 2. The number of carbonyl (C=O) groups excluding carboxylic acids is 2. The number of carboxylic acids is 1. The minimum Gasteiger partial charge on any atom is -0.497 e. The predicted molar refractivity (Wildman–Crippen MR) is 152 cm³/mol. The van der Waals surface area contributed by atoms with Gasteiger partial charge in [0, 0.05) is 29.2 Å². The van der Waals surface area contributed by atoms with Crippen molar-refractivity contribution >= 4 is 34.9 Å². The number of esters is 1. The van der Waals surface area contributed by atoms with Crippen LogP contribution in [-0.4, -0.2) is 58.4 Å². The van der Waals surface area contributed by atoms with Gasteiger partial charge in [-0.25, -0.2) is 14.6 Å². The maximum Gasteiger partial charge on any atom is 0.490 e. The van der Waals surface area contributed by atoms with Crippen molar-refractivity contribution in [1.82, 2.24) is 15.3 Å². The molecule has 1 aromatic carbocycles. The van der Waals surface area contributed by atoms with Gasteiger partial charge in [0.25, 0.3) is 5.91 Å². The van der Waals surface area contributed by atoms with Crippen LogP contribution >= 0.6 is 11.3 Å². The Morgan fingerprint density at radius 2 is 1.74 bits per heavy atom. The average Bonchev–Trinajstić information content (AvgIpc) is 3.49. The lowest BCUT2D eigenvalue weighted by molar-refractivity contribution is -0.192. The van der Waals surface area contributed by atoms with Gasteiger partial charge in [-0.1, -0.05) is 6.92 Å². The van der Waals surface area contributed by atoms with Crippen molar-refractivity contribution in [3.8, 4) is 5.75 Å². The number of thiazole rings is 1. The lowest BCUT2D eigenvalue weighted by Gasteiger charge is -2.19. The Balaban J connectivity index is 0.000000782. The van der Waals surface area contributed by atoms with Crippen LogP contribution in [0, 0.1) is 6.92 Å². The zero-order chi connectivity index (χ0) is 31.7. The summed E-state index contributed by atoms with van der Waals surface area (Å²) in [4.78, 5) is 43.8. The van der Waals surface area contributed by atoms with Crippen molar-refractivity contribution < 1.29 is 42.1 Å². The van der Waals surface area contributed by atoms with E-state index in [2.05, 4.69) is 20.6 Å². The molecule has 42 heavy (non-hydrogen) atoms. The Morgan fingerprint density at radius 3 is 2.21 bits per heavy atom. The van der Waals surface area contributed by atoms with Crippen LogP contribution < -0.4 is 15.4 Å². The van der Waals surface area contributed by atoms with E-state index in [-0.39, 0.29) is 5.91 Å². The van der Waals surface area contributed by atoms with Crippen LogP contribution in [0.15, 0.2) is 29.8 Å². The molecule has 0 unspecified atom stereocenters. The number of aryl methyl sites for hydroxylation is 1. The smallest absolute Gasteiger partial charge is 0.490 e. The first-order valence-electron chi connectivity index (χ1n) is 12.9. The standard InChI is InChI=1S/C26H34N4O4S.C2HF3O2/c1-7-19-22(24(31)27-13-12-21-16(2)29-15-35-21)20(30-23(19)25(32)34-26(3,4)5)14-28-17-8-10-18(33-6)11-9-17;3-2(4,5)1(6)7/h8-11,15,28,30H,7,12-14H2,1-6H3,(H,27,31);(H,6,7). The summed E-state index contributed by atoms with van der Waals surface area (Å²) in [7, 11) is 1.62. The van der Waals surface area contributed by atoms with E-state index in [1.165, 1.54) is 0 Å². The highest BCUT2D eigenvalue weighted by molar-refractivity contribution is 7.09. The highest BCUT2D eigenvalue weighted by atomic mass is 32.1. The molecule has 0 spiro atoms. The molecule has 1 amide bonds. The maximum atomic E-state index is 13.3. The quantitative estimate of drug-likeness (QED) is 0.219. The van der Waals surface area contributed by atoms with Crippen molar-refractivity contribution in [3.05, 3.63) is 62.9 Å². The minimum absolute atomic E-state index is 0.221. The molecule has 2 aromatic heterocycles. The molecule has 3 rings (SSSR count). The fourth-order valence-electron chi connectivity index (χ4n) is 3.70. The highest BCUT2D eigenvalue weighted by Gasteiger charge is 2.38. The third-order valence-corrected chi connectivity index (χ3v) is 6.64. The minimum atomic E-state index is -5.08. The van der Waals surface area contributed by atoms with Gasteiger partial charge in [0.2, 0.25) is 0 Å². The molecule has 0 aliphatic rings. The van der Waals surface area contributed by atoms with Gasteiger partial charge in [-0.05, 0) is 63.9 Å². The van der Waals surface area contributed by atoms with Crippen molar-refractivity contribution in [2.24, 2.45) is 0 Å². The molecule has 0 aliphatic carbocycles. The summed E-state index contributed by atoms with van der Waals surface area (Å²) in [5, 5.41) is 13.5. The molecule has 3 aromatic rings. The number of aliphatic carboxylic acids is 1. The van der Waals surface area contributed by atoms with Gasteiger partial charge in [-0.3, -0.25) is 4.79 Å². The molecule has 0 radical (unpaired) electrons. The van der Waals surface area contributed by atoms with E-state index in [0.717, 1.165) is 22.0 Å². The number of nitrogens with zero attached hydrogens (tertiary/aromatic N) is 1. The largest absolute Gasteiger partial charge is 0.497 e. The first-order chi connectivity index (χ1) is 19.6. The predicted octanol–water partition coefficient (Wildman–Crippen LogP) is 5.52. The molecular weight excluding hydrogens is 577 g/mol. The maximum absolute atomic E-state index is 13.3. The number of carbonyl (C=O) groups is 3. The van der Waals surface area contributed by atoms with Gasteiger partial charge < -0.3 is 30.2 Å². The van der Waals surface area contributed by atoms with Crippen LogP contribution in [0.1, 0.15) is 70.4 Å². The van der Waals surface area contributed by atoms with Crippen LogP contribution in [0.5, 0.6) is 5.75 Å². The fourth-order valence-corrected chi connectivity index (χ4v) is 4.48. The van der Waals surface area contributed by atoms with Crippen LogP contribution in [0.3, 0.4) is 0 Å². The fraction of sp³-hybridized carbons (Fsp3) is 0.429. The van der Waals surface area contributed by atoms with E-state index < -0.39 is 23.7 Å². The Hall–Kier alpha value is -4.07. The summed E-state index contributed by atoms with van der Waals surface area (Å²) in [6.45, 7) is 10.2. The van der Waals surface area contributed by atoms with Gasteiger partial charge in [0.1, 0.15) is 17.0 Å². The number of amides is 1. The zero-order valence-electron chi connectivity index (χ0n) is 24.2. The number of alkyl halides is 3. The molecule has 4 N–H and O–H groups in total. The number of ether oxygens (including phenoxy) is 2. The van der Waals surface area contributed by atoms with Crippen molar-refractivity contribution in [1.29, 1.82) is 0 Å². The van der Waals surface area contributed by atoms with Crippen LogP contribution in [0.25, 0.3) is 0 Å². The summed E-state index contributed by atoms with van der Waals surface area (Å²) in [5.74, 6) is -2.69. The summed E-state index contributed by atoms with van der Waals surface area (Å²) in [6.07, 6.45) is -3.88. The van der Waals surface area contributed by atoms with Crippen molar-refractivity contribution in [2.45, 2.75) is 65.8 Å². The lowest BCUT2D eigenvalue weighted by Crippen LogP contribution is -2.28.